The van der Waals surface area contributed by atoms with Crippen molar-refractivity contribution in [3.8, 4) is 5.75 Å². The highest BCUT2D eigenvalue weighted by molar-refractivity contribution is 6.04. The van der Waals surface area contributed by atoms with E-state index in [1.54, 1.807) is 24.3 Å². The first-order valence-electron chi connectivity index (χ1n) is 10.9. The second-order valence-electron chi connectivity index (χ2n) is 7.92. The molecule has 3 rings (SSSR count). The van der Waals surface area contributed by atoms with Crippen molar-refractivity contribution >= 4 is 17.5 Å². The lowest BCUT2D eigenvalue weighted by atomic mass is 10.1. The molecule has 32 heavy (non-hydrogen) atoms. The van der Waals surface area contributed by atoms with E-state index in [2.05, 4.69) is 10.6 Å². The summed E-state index contributed by atoms with van der Waals surface area (Å²) < 4.78 is 6.02. The number of anilines is 1. The van der Waals surface area contributed by atoms with Crippen LogP contribution in [0.3, 0.4) is 0 Å². The molecule has 2 amide bonds. The third-order valence-electron chi connectivity index (χ3n) is 5.35. The maximum absolute atomic E-state index is 13.0. The van der Waals surface area contributed by atoms with Gasteiger partial charge in [-0.15, -0.1) is 0 Å². The van der Waals surface area contributed by atoms with Crippen LogP contribution in [0.2, 0.25) is 0 Å². The van der Waals surface area contributed by atoms with E-state index < -0.39 is 6.10 Å². The van der Waals surface area contributed by atoms with Gasteiger partial charge in [-0.3, -0.25) is 9.59 Å². The minimum atomic E-state index is -0.671. The van der Waals surface area contributed by atoms with Gasteiger partial charge in [0.25, 0.3) is 11.8 Å². The van der Waals surface area contributed by atoms with Crippen LogP contribution in [0.15, 0.2) is 72.8 Å². The fraction of sp³-hybridized carbons (Fsp3) is 0.259. The molecule has 5 nitrogen and oxygen atoms in total. The van der Waals surface area contributed by atoms with Crippen LogP contribution in [0.1, 0.15) is 53.4 Å². The fourth-order valence-electron chi connectivity index (χ4n) is 3.41. The zero-order chi connectivity index (χ0) is 23.1. The monoisotopic (exact) mass is 430 g/mol. The quantitative estimate of drug-likeness (QED) is 0.489. The molecule has 0 fully saturated rings. The van der Waals surface area contributed by atoms with Crippen LogP contribution in [-0.2, 0) is 4.79 Å². The summed E-state index contributed by atoms with van der Waals surface area (Å²) in [6.45, 7) is 7.76. The molecule has 5 heteroatoms. The molecule has 0 aromatic heterocycles. The third kappa shape index (κ3) is 5.76. The molecule has 0 saturated carbocycles. The fourth-order valence-corrected chi connectivity index (χ4v) is 3.41. The van der Waals surface area contributed by atoms with Crippen molar-refractivity contribution in [1.82, 2.24) is 5.32 Å². The average molecular weight is 431 g/mol. The minimum absolute atomic E-state index is 0.163. The maximum atomic E-state index is 13.0. The lowest BCUT2D eigenvalue weighted by Crippen LogP contribution is -2.34. The largest absolute Gasteiger partial charge is 0.480 e. The standard InChI is InChI=1S/C27H30N2O3/c1-5-24(32-25-17-18(2)15-16-19(25)3)27(31)29-23-14-10-9-13-22(23)26(30)28-20(4)21-11-7-6-8-12-21/h6-17,20,24H,5H2,1-4H3,(H,28,30)(H,29,31)/t20-,24-/m0/s1. The molecule has 0 bridgehead atoms. The Morgan fingerprint density at radius 1 is 0.938 bits per heavy atom. The number of aryl methyl sites for hydroxylation is 2. The lowest BCUT2D eigenvalue weighted by Gasteiger charge is -2.20. The molecule has 0 aliphatic rings. The van der Waals surface area contributed by atoms with Gasteiger partial charge in [0.2, 0.25) is 0 Å². The van der Waals surface area contributed by atoms with Crippen LogP contribution in [0, 0.1) is 13.8 Å². The zero-order valence-electron chi connectivity index (χ0n) is 19.0. The molecule has 0 heterocycles. The van der Waals surface area contributed by atoms with Crippen molar-refractivity contribution < 1.29 is 14.3 Å². The SMILES string of the molecule is CC[C@H](Oc1cc(C)ccc1C)C(=O)Nc1ccccc1C(=O)N[C@@H](C)c1ccccc1. The Kier molecular flexibility index (Phi) is 7.66. The van der Waals surface area contributed by atoms with Gasteiger partial charge in [0.1, 0.15) is 5.75 Å². The Morgan fingerprint density at radius 3 is 2.34 bits per heavy atom. The lowest BCUT2D eigenvalue weighted by molar-refractivity contribution is -0.122. The highest BCUT2D eigenvalue weighted by Crippen LogP contribution is 2.23. The number of hydrogen-bond donors (Lipinski definition) is 2. The van der Waals surface area contributed by atoms with E-state index in [0.29, 0.717) is 23.4 Å². The van der Waals surface area contributed by atoms with E-state index >= 15 is 0 Å². The van der Waals surface area contributed by atoms with Crippen molar-refractivity contribution in [1.29, 1.82) is 0 Å². The van der Waals surface area contributed by atoms with Crippen LogP contribution in [0.25, 0.3) is 0 Å². The van der Waals surface area contributed by atoms with Gasteiger partial charge >= 0.3 is 0 Å². The maximum Gasteiger partial charge on any atom is 0.265 e. The number of carbonyl (C=O) groups excluding carboxylic acids is 2. The van der Waals surface area contributed by atoms with E-state index in [4.69, 9.17) is 4.74 Å². The minimum Gasteiger partial charge on any atom is -0.480 e. The van der Waals surface area contributed by atoms with Gasteiger partial charge in [-0.05, 0) is 62.1 Å². The van der Waals surface area contributed by atoms with Gasteiger partial charge in [-0.2, -0.15) is 0 Å². The van der Waals surface area contributed by atoms with Gasteiger partial charge in [0.15, 0.2) is 6.10 Å². The predicted octanol–water partition coefficient (Wildman–Crippen LogP) is 5.59. The summed E-state index contributed by atoms with van der Waals surface area (Å²) in [6.07, 6.45) is -0.173. The molecule has 2 N–H and O–H groups in total. The van der Waals surface area contributed by atoms with Crippen molar-refractivity contribution in [2.24, 2.45) is 0 Å². The summed E-state index contributed by atoms with van der Waals surface area (Å²) in [5.41, 5.74) is 3.91. The molecular formula is C27H30N2O3. The van der Waals surface area contributed by atoms with Crippen LogP contribution >= 0.6 is 0 Å². The number of benzene rings is 3. The summed E-state index contributed by atoms with van der Waals surface area (Å²) in [6, 6.07) is 22.5. The smallest absolute Gasteiger partial charge is 0.265 e. The van der Waals surface area contributed by atoms with E-state index in [1.807, 2.05) is 76.2 Å². The summed E-state index contributed by atoms with van der Waals surface area (Å²) in [4.78, 5) is 25.9. The summed E-state index contributed by atoms with van der Waals surface area (Å²) >= 11 is 0. The number of rotatable bonds is 8. The second-order valence-corrected chi connectivity index (χ2v) is 7.92. The number of hydrogen-bond acceptors (Lipinski definition) is 3. The summed E-state index contributed by atoms with van der Waals surface area (Å²) in [7, 11) is 0. The predicted molar refractivity (Wildman–Crippen MR) is 128 cm³/mol. The number of ether oxygens (including phenoxy) is 1. The Bertz CT molecular complexity index is 1080. The topological polar surface area (TPSA) is 67.4 Å². The molecule has 166 valence electrons. The molecule has 0 aliphatic heterocycles. The first kappa shape index (κ1) is 23.1. The number of para-hydroxylation sites is 1. The first-order valence-corrected chi connectivity index (χ1v) is 10.9. The molecule has 2 atom stereocenters. The molecule has 0 spiro atoms. The first-order chi connectivity index (χ1) is 15.4. The molecule has 3 aromatic rings. The highest BCUT2D eigenvalue weighted by atomic mass is 16.5. The van der Waals surface area contributed by atoms with E-state index in [0.717, 1.165) is 16.7 Å². The Hall–Kier alpha value is -3.60. The normalized spacial score (nSPS) is 12.5. The number of nitrogens with one attached hydrogen (secondary N) is 2. The van der Waals surface area contributed by atoms with Gasteiger partial charge < -0.3 is 15.4 Å². The van der Waals surface area contributed by atoms with E-state index in [-0.39, 0.29) is 17.9 Å². The Balaban J connectivity index is 1.73. The highest BCUT2D eigenvalue weighted by Gasteiger charge is 2.22. The molecule has 3 aromatic carbocycles. The van der Waals surface area contributed by atoms with Crippen molar-refractivity contribution in [2.75, 3.05) is 5.32 Å². The molecule has 0 saturated heterocycles. The number of carbonyl (C=O) groups is 2. The average Bonchev–Trinajstić information content (AvgIpc) is 2.80. The summed E-state index contributed by atoms with van der Waals surface area (Å²) in [5.74, 6) is 0.153. The molecular weight excluding hydrogens is 400 g/mol. The van der Waals surface area contributed by atoms with Gasteiger partial charge in [-0.1, -0.05) is 61.5 Å². The van der Waals surface area contributed by atoms with Crippen LogP contribution in [0.5, 0.6) is 5.75 Å². The van der Waals surface area contributed by atoms with Crippen molar-refractivity contribution in [3.63, 3.8) is 0 Å². The van der Waals surface area contributed by atoms with Crippen LogP contribution in [-0.4, -0.2) is 17.9 Å². The van der Waals surface area contributed by atoms with Gasteiger partial charge in [-0.25, -0.2) is 0 Å². The summed E-state index contributed by atoms with van der Waals surface area (Å²) in [5, 5.41) is 5.89. The Labute approximate surface area is 189 Å². The molecule has 0 aliphatic carbocycles. The second kappa shape index (κ2) is 10.6. The third-order valence-corrected chi connectivity index (χ3v) is 5.35. The molecule has 0 unspecified atom stereocenters. The van der Waals surface area contributed by atoms with Crippen molar-refractivity contribution in [2.45, 2.75) is 46.3 Å². The van der Waals surface area contributed by atoms with E-state index in [9.17, 15) is 9.59 Å². The van der Waals surface area contributed by atoms with Crippen LogP contribution in [0.4, 0.5) is 5.69 Å². The van der Waals surface area contributed by atoms with E-state index in [1.165, 1.54) is 0 Å². The van der Waals surface area contributed by atoms with Crippen molar-refractivity contribution in [3.05, 3.63) is 95.1 Å². The molecule has 0 radical (unpaired) electrons. The Morgan fingerprint density at radius 2 is 1.62 bits per heavy atom. The number of amides is 2. The van der Waals surface area contributed by atoms with Crippen LogP contribution < -0.4 is 15.4 Å². The zero-order valence-corrected chi connectivity index (χ0v) is 19.0. The van der Waals surface area contributed by atoms with Gasteiger partial charge in [0.05, 0.1) is 17.3 Å². The van der Waals surface area contributed by atoms with Gasteiger partial charge in [0, 0.05) is 0 Å².